The van der Waals surface area contributed by atoms with Crippen LogP contribution in [0.2, 0.25) is 0 Å². The van der Waals surface area contributed by atoms with Crippen LogP contribution in [0.4, 0.5) is 18.9 Å². The highest BCUT2D eigenvalue weighted by Gasteiger charge is 2.34. The zero-order valence-electron chi connectivity index (χ0n) is 29.0. The molecule has 0 radical (unpaired) electrons. The fraction of sp³-hybridized carbons (Fsp3) is 0.140. The van der Waals surface area contributed by atoms with Gasteiger partial charge in [0.15, 0.2) is 17.3 Å². The quantitative estimate of drug-likeness (QED) is 0.164. The Morgan fingerprint density at radius 3 is 2.22 bits per heavy atom. The molecule has 54 heavy (non-hydrogen) atoms. The number of nitrogens with one attached hydrogen (secondary N) is 1. The number of anilines is 1. The second-order valence-corrected chi connectivity index (χ2v) is 12.6. The summed E-state index contributed by atoms with van der Waals surface area (Å²) in [5.74, 6) is -1.70. The van der Waals surface area contributed by atoms with Crippen LogP contribution in [-0.4, -0.2) is 40.3 Å². The Bertz CT molecular complexity index is 2300. The van der Waals surface area contributed by atoms with Crippen molar-refractivity contribution in [1.82, 2.24) is 15.2 Å². The van der Waals surface area contributed by atoms with Gasteiger partial charge in [-0.2, -0.15) is 10.2 Å². The Labute approximate surface area is 309 Å². The zero-order valence-corrected chi connectivity index (χ0v) is 29.0. The Hall–Kier alpha value is -6.62. The summed E-state index contributed by atoms with van der Waals surface area (Å²) in [6.45, 7) is 0. The minimum atomic E-state index is -4.91. The summed E-state index contributed by atoms with van der Waals surface area (Å²) < 4.78 is 49.4. The van der Waals surface area contributed by atoms with Crippen LogP contribution in [0.15, 0.2) is 134 Å². The molecule has 0 spiro atoms. The minimum absolute atomic E-state index is 0.0507. The van der Waals surface area contributed by atoms with E-state index in [9.17, 15) is 22.8 Å². The van der Waals surface area contributed by atoms with Crippen molar-refractivity contribution < 1.29 is 32.2 Å². The van der Waals surface area contributed by atoms with E-state index < -0.39 is 18.0 Å². The molecule has 8 nitrogen and oxygen atoms in total. The molecule has 0 saturated carbocycles. The van der Waals surface area contributed by atoms with Crippen LogP contribution in [0.5, 0.6) is 11.5 Å². The number of nitrogens with zero attached hydrogens (tertiary/aromatic N) is 3. The number of ether oxygens (including phenoxy) is 2. The molecule has 270 valence electrons. The third kappa shape index (κ3) is 7.90. The van der Waals surface area contributed by atoms with Crippen molar-refractivity contribution in [1.29, 1.82) is 0 Å². The maximum absolute atomic E-state index is 14.3. The number of aromatic nitrogens is 3. The molecule has 8 rings (SSSR count). The smallest absolute Gasteiger partial charge is 0.493 e. The number of allylic oxidation sites excluding steroid dienone is 2. The second-order valence-electron chi connectivity index (χ2n) is 12.6. The topological polar surface area (TPSA) is 103 Å². The number of rotatable bonds is 7. The first-order valence-electron chi connectivity index (χ1n) is 17.1. The maximum atomic E-state index is 14.3. The van der Waals surface area contributed by atoms with E-state index in [0.29, 0.717) is 34.4 Å². The van der Waals surface area contributed by atoms with E-state index in [4.69, 9.17) is 4.74 Å². The second kappa shape index (κ2) is 15.5. The van der Waals surface area contributed by atoms with E-state index in [2.05, 4.69) is 43.4 Å². The molecule has 0 bridgehead atoms. The van der Waals surface area contributed by atoms with Crippen molar-refractivity contribution in [2.75, 3.05) is 12.4 Å². The number of hydrogen-bond acceptors (Lipinski definition) is 7. The lowest BCUT2D eigenvalue weighted by Gasteiger charge is -2.30. The van der Waals surface area contributed by atoms with Gasteiger partial charge in [0.1, 0.15) is 0 Å². The minimum Gasteiger partial charge on any atom is -0.493 e. The van der Waals surface area contributed by atoms with Gasteiger partial charge in [-0.15, -0.1) is 13.2 Å². The predicted molar refractivity (Wildman–Crippen MR) is 198 cm³/mol. The van der Waals surface area contributed by atoms with Crippen LogP contribution >= 0.6 is 0 Å². The van der Waals surface area contributed by atoms with Gasteiger partial charge in [0.25, 0.3) is 5.91 Å². The molecule has 1 unspecified atom stereocenters. The molecule has 6 aromatic rings. The molecular weight excluding hydrogens is 693 g/mol. The number of Topliss-reactive ketones (excluding diaryl/α,β-unsaturated/α-hetero) is 1. The summed E-state index contributed by atoms with van der Waals surface area (Å²) >= 11 is 0. The van der Waals surface area contributed by atoms with E-state index in [1.54, 1.807) is 61.1 Å². The third-order valence-corrected chi connectivity index (χ3v) is 9.37. The first-order chi connectivity index (χ1) is 26.2. The van der Waals surface area contributed by atoms with Crippen LogP contribution < -0.4 is 14.8 Å². The number of benzene rings is 4. The van der Waals surface area contributed by atoms with Gasteiger partial charge in [-0.05, 0) is 124 Å². The lowest BCUT2D eigenvalue weighted by Crippen LogP contribution is -2.20. The highest BCUT2D eigenvalue weighted by atomic mass is 19.4. The SMILES string of the molecule is COc1ccc(C2=CC(C(=O)c3ccc(NC(=O)c4cccnc4)cc3)c3ccc4c(c3C2)CCc2ccccc2-4)cc1OC(F)(F)F.c1ccnnc1. The largest absolute Gasteiger partial charge is 0.573 e. The Kier molecular flexibility index (Phi) is 10.3. The number of halogens is 3. The van der Waals surface area contributed by atoms with Crippen molar-refractivity contribution in [2.24, 2.45) is 0 Å². The summed E-state index contributed by atoms with van der Waals surface area (Å²) in [5.41, 5.74) is 9.09. The van der Waals surface area contributed by atoms with Gasteiger partial charge in [-0.3, -0.25) is 14.6 Å². The molecule has 11 heteroatoms. The van der Waals surface area contributed by atoms with Crippen LogP contribution in [0.25, 0.3) is 16.7 Å². The highest BCUT2D eigenvalue weighted by molar-refractivity contribution is 6.06. The highest BCUT2D eigenvalue weighted by Crippen LogP contribution is 2.45. The lowest BCUT2D eigenvalue weighted by molar-refractivity contribution is -0.275. The lowest BCUT2D eigenvalue weighted by atomic mass is 9.73. The molecule has 1 N–H and O–H groups in total. The molecule has 4 aromatic carbocycles. The standard InChI is InChI=1S/C39H29F3N2O4.C4H4N2/c1-47-35-17-11-25(21-36(35)48-39(40,41)42)27-19-33-31-14-10-23-5-2-3-7-29(23)30(31)15-16-32(33)34(20-27)37(45)24-8-12-28(13-9-24)44-38(46)26-6-4-18-43-22-26;1-2-4-6-5-3-1/h2-9,11-13,15-18,20-22,34H,10,14,19H2,1H3,(H,44,46);1-4H. The van der Waals surface area contributed by atoms with Crippen molar-refractivity contribution in [3.05, 3.63) is 173 Å². The summed E-state index contributed by atoms with van der Waals surface area (Å²) in [4.78, 5) is 30.9. The molecule has 1 amide bonds. The maximum Gasteiger partial charge on any atom is 0.573 e. The summed E-state index contributed by atoms with van der Waals surface area (Å²) in [5, 5.41) is 9.89. The molecule has 1 atom stereocenters. The number of pyridine rings is 1. The average Bonchev–Trinajstić information content (AvgIpc) is 3.20. The van der Waals surface area contributed by atoms with E-state index in [-0.39, 0.29) is 17.4 Å². The first kappa shape index (κ1) is 35.8. The number of alkyl halides is 3. The third-order valence-electron chi connectivity index (χ3n) is 9.37. The Morgan fingerprint density at radius 1 is 0.759 bits per heavy atom. The van der Waals surface area contributed by atoms with Crippen LogP contribution in [-0.2, 0) is 19.3 Å². The fourth-order valence-electron chi connectivity index (χ4n) is 6.90. The normalized spacial score (nSPS) is 14.1. The fourth-order valence-corrected chi connectivity index (χ4v) is 6.90. The van der Waals surface area contributed by atoms with Crippen molar-refractivity contribution in [3.63, 3.8) is 0 Å². The molecular formula is C43H33F3N4O4. The van der Waals surface area contributed by atoms with E-state index in [0.717, 1.165) is 40.7 Å². The number of methoxy groups -OCH3 is 1. The Morgan fingerprint density at radius 2 is 1.54 bits per heavy atom. The van der Waals surface area contributed by atoms with Gasteiger partial charge in [0.2, 0.25) is 0 Å². The van der Waals surface area contributed by atoms with Gasteiger partial charge in [0.05, 0.1) is 18.6 Å². The van der Waals surface area contributed by atoms with Crippen LogP contribution in [0.3, 0.4) is 0 Å². The van der Waals surface area contributed by atoms with Gasteiger partial charge >= 0.3 is 6.36 Å². The molecule has 2 heterocycles. The van der Waals surface area contributed by atoms with Gasteiger partial charge in [-0.25, -0.2) is 0 Å². The predicted octanol–water partition coefficient (Wildman–Crippen LogP) is 9.09. The van der Waals surface area contributed by atoms with Gasteiger partial charge in [-0.1, -0.05) is 48.5 Å². The zero-order chi connectivity index (χ0) is 37.7. The Balaban J connectivity index is 0.000000684. The summed E-state index contributed by atoms with van der Waals surface area (Å²) in [7, 11) is 1.28. The number of amides is 1. The van der Waals surface area contributed by atoms with Crippen LogP contribution in [0.1, 0.15) is 54.5 Å². The van der Waals surface area contributed by atoms with E-state index in [1.807, 2.05) is 36.4 Å². The average molecular weight is 727 g/mol. The number of carbonyl (C=O) groups excluding carboxylic acids is 2. The molecule has 0 aliphatic heterocycles. The molecule has 0 saturated heterocycles. The summed E-state index contributed by atoms with van der Waals surface area (Å²) in [6, 6.07) is 30.4. The van der Waals surface area contributed by atoms with E-state index >= 15 is 0 Å². The molecule has 2 aromatic heterocycles. The monoisotopic (exact) mass is 726 g/mol. The molecule has 2 aliphatic carbocycles. The van der Waals surface area contributed by atoms with Crippen molar-refractivity contribution in [3.8, 4) is 22.6 Å². The number of aryl methyl sites for hydroxylation is 1. The van der Waals surface area contributed by atoms with Crippen LogP contribution in [0, 0.1) is 0 Å². The van der Waals surface area contributed by atoms with Gasteiger partial charge < -0.3 is 14.8 Å². The molecule has 0 fully saturated rings. The van der Waals surface area contributed by atoms with Gasteiger partial charge in [0, 0.05) is 36.0 Å². The van der Waals surface area contributed by atoms with Crippen molar-refractivity contribution >= 4 is 23.0 Å². The van der Waals surface area contributed by atoms with Crippen molar-refractivity contribution in [2.45, 2.75) is 31.5 Å². The summed E-state index contributed by atoms with van der Waals surface area (Å²) in [6.07, 6.45) is 5.31. The number of fused-ring (bicyclic) bond motifs is 5. The number of ketones is 1. The number of carbonyl (C=O) groups is 2. The van der Waals surface area contributed by atoms with E-state index in [1.165, 1.54) is 31.0 Å². The molecule has 2 aliphatic rings. The first-order valence-corrected chi connectivity index (χ1v) is 17.1. The number of hydrogen-bond donors (Lipinski definition) is 1.